The molecule has 3 aliphatic rings. The monoisotopic (exact) mass is 456 g/mol. The molecule has 166 valence electrons. The van der Waals surface area contributed by atoms with Crippen LogP contribution in [0.3, 0.4) is 0 Å². The van der Waals surface area contributed by atoms with Crippen LogP contribution >= 0.6 is 11.3 Å². The van der Waals surface area contributed by atoms with E-state index in [1.807, 2.05) is 0 Å². The van der Waals surface area contributed by atoms with E-state index in [4.69, 9.17) is 9.47 Å². The molecule has 1 amide bonds. The highest BCUT2D eigenvalue weighted by Crippen LogP contribution is 2.49. The van der Waals surface area contributed by atoms with E-state index >= 15 is 0 Å². The van der Waals surface area contributed by atoms with E-state index in [9.17, 15) is 18.8 Å². The highest BCUT2D eigenvalue weighted by atomic mass is 32.1. The number of aromatic nitrogens is 1. The fraction of sp³-hybridized carbons (Fsp3) is 0.391. The first-order valence-corrected chi connectivity index (χ1v) is 11.3. The molecule has 2 aliphatic heterocycles. The smallest absolute Gasteiger partial charge is 0.350 e. The molecule has 1 saturated carbocycles. The maximum absolute atomic E-state index is 14.9. The minimum absolute atomic E-state index is 0.0288. The minimum Gasteiger partial charge on any atom is -0.483 e. The fourth-order valence-electron chi connectivity index (χ4n) is 4.80. The first-order chi connectivity index (χ1) is 15.4. The summed E-state index contributed by atoms with van der Waals surface area (Å²) < 4.78 is 25.8. The average molecular weight is 456 g/mol. The van der Waals surface area contributed by atoms with E-state index < -0.39 is 23.7 Å². The molecule has 0 N–H and O–H groups in total. The Kier molecular flexibility index (Phi) is 5.08. The van der Waals surface area contributed by atoms with E-state index in [1.54, 1.807) is 25.1 Å². The van der Waals surface area contributed by atoms with Gasteiger partial charge in [-0.1, -0.05) is 36.0 Å². The summed E-state index contributed by atoms with van der Waals surface area (Å²) in [4.78, 5) is 45.1. The number of benzene rings is 1. The van der Waals surface area contributed by atoms with Gasteiger partial charge in [-0.05, 0) is 32.3 Å². The highest BCUT2D eigenvalue weighted by molar-refractivity contribution is 7.17. The molecule has 3 unspecified atom stereocenters. The first-order valence-electron chi connectivity index (χ1n) is 10.5. The lowest BCUT2D eigenvalue weighted by Gasteiger charge is -2.35. The van der Waals surface area contributed by atoms with Gasteiger partial charge in [0.15, 0.2) is 16.7 Å². The second-order valence-electron chi connectivity index (χ2n) is 8.16. The van der Waals surface area contributed by atoms with Crippen LogP contribution in [-0.2, 0) is 19.1 Å². The van der Waals surface area contributed by atoms with Crippen LogP contribution in [0.1, 0.15) is 52.7 Å². The zero-order chi connectivity index (χ0) is 22.6. The zero-order valence-corrected chi connectivity index (χ0v) is 18.4. The third-order valence-electron chi connectivity index (χ3n) is 6.33. The number of hydrogen-bond acceptors (Lipinski definition) is 7. The highest BCUT2D eigenvalue weighted by Gasteiger charge is 2.53. The molecule has 1 aromatic carbocycles. The molecule has 1 aliphatic carbocycles. The number of thiazole rings is 1. The number of anilines is 1. The summed E-state index contributed by atoms with van der Waals surface area (Å²) in [6.07, 6.45) is 2.88. The van der Waals surface area contributed by atoms with Gasteiger partial charge in [0, 0.05) is 5.56 Å². The van der Waals surface area contributed by atoms with Crippen molar-refractivity contribution in [1.82, 2.24) is 4.98 Å². The maximum atomic E-state index is 14.9. The van der Waals surface area contributed by atoms with Crippen LogP contribution in [0.2, 0.25) is 0 Å². The van der Waals surface area contributed by atoms with E-state index in [0.29, 0.717) is 18.5 Å². The van der Waals surface area contributed by atoms with Crippen LogP contribution in [0.5, 0.6) is 0 Å². The topological polar surface area (TPSA) is 85.8 Å². The van der Waals surface area contributed by atoms with Crippen molar-refractivity contribution in [1.29, 1.82) is 0 Å². The number of ether oxygens (including phenoxy) is 2. The summed E-state index contributed by atoms with van der Waals surface area (Å²) in [5.41, 5.74) is 0.753. The van der Waals surface area contributed by atoms with Crippen molar-refractivity contribution in [3.05, 3.63) is 57.5 Å². The molecule has 0 radical (unpaired) electrons. The first kappa shape index (κ1) is 20.8. The van der Waals surface area contributed by atoms with E-state index in [-0.39, 0.29) is 44.7 Å². The number of carbonyl (C=O) groups is 3. The second-order valence-corrected chi connectivity index (χ2v) is 9.13. The maximum Gasteiger partial charge on any atom is 0.350 e. The number of amides is 1. The molecule has 2 aromatic rings. The minimum atomic E-state index is -1.01. The Bertz CT molecular complexity index is 1170. The predicted molar refractivity (Wildman–Crippen MR) is 114 cm³/mol. The second kappa shape index (κ2) is 7.81. The van der Waals surface area contributed by atoms with Gasteiger partial charge in [0.25, 0.3) is 5.91 Å². The summed E-state index contributed by atoms with van der Waals surface area (Å²) >= 11 is 0.973. The molecule has 1 fully saturated rings. The lowest BCUT2D eigenvalue weighted by atomic mass is 9.77. The number of halogens is 1. The van der Waals surface area contributed by atoms with Crippen LogP contribution in [0.25, 0.3) is 0 Å². The Morgan fingerprint density at radius 1 is 1.25 bits per heavy atom. The number of ketones is 1. The third-order valence-corrected chi connectivity index (χ3v) is 7.46. The van der Waals surface area contributed by atoms with E-state index in [1.165, 1.54) is 18.1 Å². The van der Waals surface area contributed by atoms with Crippen molar-refractivity contribution in [2.75, 3.05) is 12.0 Å². The largest absolute Gasteiger partial charge is 0.483 e. The van der Waals surface area contributed by atoms with Crippen molar-refractivity contribution < 1.29 is 28.2 Å². The van der Waals surface area contributed by atoms with Crippen LogP contribution < -0.4 is 4.90 Å². The van der Waals surface area contributed by atoms with Crippen molar-refractivity contribution >= 4 is 34.1 Å². The van der Waals surface area contributed by atoms with Crippen LogP contribution in [0.15, 0.2) is 35.6 Å². The van der Waals surface area contributed by atoms with E-state index in [0.717, 1.165) is 24.2 Å². The summed E-state index contributed by atoms with van der Waals surface area (Å²) in [6, 6.07) is 5.04. The van der Waals surface area contributed by atoms with Crippen molar-refractivity contribution in [3.63, 3.8) is 0 Å². The average Bonchev–Trinajstić information content (AvgIpc) is 3.31. The number of esters is 1. The van der Waals surface area contributed by atoms with Crippen LogP contribution in [0.4, 0.5) is 9.52 Å². The molecular weight excluding hydrogens is 435 g/mol. The van der Waals surface area contributed by atoms with Gasteiger partial charge in [0.05, 0.1) is 24.3 Å². The number of Topliss-reactive ketones (excluding diaryl/α,β-unsaturated/α-hetero) is 1. The zero-order valence-electron chi connectivity index (χ0n) is 17.6. The molecule has 0 spiro atoms. The Morgan fingerprint density at radius 3 is 2.75 bits per heavy atom. The molecule has 0 saturated heterocycles. The Labute approximate surface area is 187 Å². The van der Waals surface area contributed by atoms with Crippen LogP contribution in [-0.4, -0.2) is 35.9 Å². The van der Waals surface area contributed by atoms with Gasteiger partial charge in [-0.2, -0.15) is 0 Å². The Hall–Kier alpha value is -3.07. The third kappa shape index (κ3) is 3.06. The molecule has 3 heterocycles. The molecule has 7 nitrogen and oxygen atoms in total. The molecule has 9 heteroatoms. The molecule has 0 bridgehead atoms. The lowest BCUT2D eigenvalue weighted by Crippen LogP contribution is -2.39. The van der Waals surface area contributed by atoms with Gasteiger partial charge < -0.3 is 9.47 Å². The van der Waals surface area contributed by atoms with Crippen LogP contribution in [0, 0.1) is 18.7 Å². The summed E-state index contributed by atoms with van der Waals surface area (Å²) in [5.74, 6) is -2.19. The number of carbonyl (C=O) groups excluding carboxylic acids is 3. The van der Waals surface area contributed by atoms with Gasteiger partial charge >= 0.3 is 5.97 Å². The van der Waals surface area contributed by atoms with Crippen molar-refractivity contribution in [2.24, 2.45) is 5.92 Å². The van der Waals surface area contributed by atoms with Gasteiger partial charge in [-0.25, -0.2) is 14.2 Å². The number of rotatable bonds is 3. The predicted octanol–water partition coefficient (Wildman–Crippen LogP) is 3.88. The number of methoxy groups -OCH3 is 1. The SMILES string of the molecule is COC(=O)c1sc(N2C(=O)C3=C(C(=O)C4CCCCC4O3)C2c2ccccc2F)nc1C. The van der Waals surface area contributed by atoms with Crippen molar-refractivity contribution in [3.8, 4) is 0 Å². The summed E-state index contributed by atoms with van der Waals surface area (Å²) in [5, 5.41) is 0.190. The van der Waals surface area contributed by atoms with Gasteiger partial charge in [0.2, 0.25) is 0 Å². The van der Waals surface area contributed by atoms with Gasteiger partial charge in [0.1, 0.15) is 22.8 Å². The number of aryl methyl sites for hydroxylation is 1. The van der Waals surface area contributed by atoms with E-state index in [2.05, 4.69) is 4.98 Å². The lowest BCUT2D eigenvalue weighted by molar-refractivity contribution is -0.131. The molecule has 5 rings (SSSR count). The fourth-order valence-corrected chi connectivity index (χ4v) is 5.81. The quantitative estimate of drug-likeness (QED) is 0.652. The number of nitrogens with zero attached hydrogens (tertiary/aromatic N) is 2. The number of hydrogen-bond donors (Lipinski definition) is 0. The summed E-state index contributed by atoms with van der Waals surface area (Å²) in [6.45, 7) is 1.63. The van der Waals surface area contributed by atoms with Crippen molar-refractivity contribution in [2.45, 2.75) is 44.8 Å². The molecule has 3 atom stereocenters. The summed E-state index contributed by atoms with van der Waals surface area (Å²) in [7, 11) is 1.26. The Morgan fingerprint density at radius 2 is 2.00 bits per heavy atom. The number of fused-ring (bicyclic) bond motifs is 1. The standard InChI is InChI=1S/C23H21FN2O5S/c1-11-20(22(29)30-2)32-23(25-11)26-17(12-7-3-5-9-14(12)24)16-18(27)13-8-4-6-10-15(13)31-19(16)21(26)28/h3,5,7,9,13,15,17H,4,6,8,10H2,1-2H3. The molecule has 32 heavy (non-hydrogen) atoms. The Balaban J connectivity index is 1.67. The molecule has 1 aromatic heterocycles. The normalized spacial score (nSPS) is 24.8. The van der Waals surface area contributed by atoms with Gasteiger partial charge in [-0.15, -0.1) is 0 Å². The molecular formula is C23H21FN2O5S. The van der Waals surface area contributed by atoms with Gasteiger partial charge in [-0.3, -0.25) is 14.5 Å².